The van der Waals surface area contributed by atoms with Gasteiger partial charge in [0.25, 0.3) is 11.8 Å². The molecule has 0 bridgehead atoms. The molecule has 51 heavy (non-hydrogen) atoms. The van der Waals surface area contributed by atoms with Gasteiger partial charge >= 0.3 is 0 Å². The summed E-state index contributed by atoms with van der Waals surface area (Å²) in [5.74, 6) is -3.53. The quantitative estimate of drug-likeness (QED) is 0.302. The largest absolute Gasteiger partial charge is 0.471 e. The maximum atomic E-state index is 14.4. The third-order valence-electron chi connectivity index (χ3n) is 9.85. The highest BCUT2D eigenvalue weighted by molar-refractivity contribution is 7.91. The highest BCUT2D eigenvalue weighted by Gasteiger charge is 2.62. The number of fused-ring (bicyclic) bond motifs is 3. The Kier molecular flexibility index (Phi) is 9.24. The summed E-state index contributed by atoms with van der Waals surface area (Å²) in [5.41, 5.74) is -0.423. The minimum Gasteiger partial charge on any atom is -0.471 e. The number of ether oxygens (including phenoxy) is 1. The first-order valence-corrected chi connectivity index (χ1v) is 18.7. The molecule has 4 aliphatic rings. The number of sulfonamides is 1. The van der Waals surface area contributed by atoms with E-state index in [-0.39, 0.29) is 42.9 Å². The lowest BCUT2D eigenvalue weighted by Crippen LogP contribution is -2.58. The molecule has 4 heterocycles. The number of carbonyl (C=O) groups is 4. The molecule has 7 rings (SSSR count). The van der Waals surface area contributed by atoms with E-state index in [1.807, 2.05) is 12.2 Å². The molecular weight excluding hydrogens is 685 g/mol. The zero-order valence-electron chi connectivity index (χ0n) is 27.8. The first kappa shape index (κ1) is 34.5. The lowest BCUT2D eigenvalue weighted by atomic mass is 10.0. The normalized spacial score (nSPS) is 27.1. The van der Waals surface area contributed by atoms with Crippen LogP contribution in [0.5, 0.6) is 5.88 Å². The standard InChI is InChI=1S/C34H38FN7O8S/c1-19-31(38-27-15-21(35)9-12-24(27)36-19)50-22-16-28-30(44)39-34(33(46)41-51(47,48)23-10-11-23)17-20(34)7-5-3-2-4-6-8-26(32(45)42(28)18-22)37-29(43)25-13-14-49-40-25/h5,7,9,12-15,20,22-23,26,28H,2-4,6,8,10-11,16-18H2,1H3,(H,37,43)(H,39,44)(H,41,46)/t20-,22-,26+,28+,34-/m1/s1. The Labute approximate surface area is 292 Å². The van der Waals surface area contributed by atoms with E-state index in [1.54, 1.807) is 6.92 Å². The Morgan fingerprint density at radius 1 is 1.10 bits per heavy atom. The van der Waals surface area contributed by atoms with E-state index in [2.05, 4.69) is 30.5 Å². The molecule has 270 valence electrons. The van der Waals surface area contributed by atoms with Crippen LogP contribution >= 0.6 is 0 Å². The van der Waals surface area contributed by atoms with E-state index < -0.39 is 74.4 Å². The molecule has 2 aliphatic heterocycles. The van der Waals surface area contributed by atoms with E-state index in [0.717, 1.165) is 12.8 Å². The summed E-state index contributed by atoms with van der Waals surface area (Å²) >= 11 is 0. The Balaban J connectivity index is 1.19. The minimum absolute atomic E-state index is 0.0172. The van der Waals surface area contributed by atoms with Crippen molar-refractivity contribution in [2.75, 3.05) is 6.54 Å². The number of rotatable bonds is 7. The Morgan fingerprint density at radius 2 is 1.92 bits per heavy atom. The van der Waals surface area contributed by atoms with E-state index in [1.165, 1.54) is 35.4 Å². The maximum absolute atomic E-state index is 14.4. The van der Waals surface area contributed by atoms with Gasteiger partial charge in [0.1, 0.15) is 41.5 Å². The Hall–Kier alpha value is -4.93. The van der Waals surface area contributed by atoms with Gasteiger partial charge in [0, 0.05) is 24.5 Å². The maximum Gasteiger partial charge on any atom is 0.274 e. The lowest BCUT2D eigenvalue weighted by Gasteiger charge is -2.29. The SMILES string of the molecule is Cc1nc2ccc(F)cc2nc1O[C@@H]1C[C@H]2C(=O)N[C@]3(C(=O)NS(=O)(=O)C4CC4)C[C@H]3C=CCCCCC[C@H](NC(=O)c3ccon3)C(=O)N2C1. The monoisotopic (exact) mass is 723 g/mol. The van der Waals surface area contributed by atoms with Crippen LogP contribution in [-0.4, -0.2) is 87.6 Å². The van der Waals surface area contributed by atoms with Crippen molar-refractivity contribution >= 4 is 44.7 Å². The fourth-order valence-corrected chi connectivity index (χ4v) is 8.14. The van der Waals surface area contributed by atoms with E-state index in [9.17, 15) is 32.0 Å². The second-order valence-electron chi connectivity index (χ2n) is 13.7. The fraction of sp³-hybridized carbons (Fsp3) is 0.500. The molecule has 2 aromatic heterocycles. The van der Waals surface area contributed by atoms with Crippen molar-refractivity contribution in [3.05, 3.63) is 59.9 Å². The number of hydrogen-bond acceptors (Lipinski definition) is 11. The summed E-state index contributed by atoms with van der Waals surface area (Å²) in [6, 6.07) is 3.16. The number of hydrogen-bond donors (Lipinski definition) is 3. The van der Waals surface area contributed by atoms with Crippen LogP contribution in [0.15, 0.2) is 47.2 Å². The fourth-order valence-electron chi connectivity index (χ4n) is 6.78. The van der Waals surface area contributed by atoms with E-state index >= 15 is 0 Å². The zero-order valence-corrected chi connectivity index (χ0v) is 28.7. The van der Waals surface area contributed by atoms with Crippen LogP contribution in [0.2, 0.25) is 0 Å². The molecule has 4 amide bonds. The van der Waals surface area contributed by atoms with Crippen LogP contribution in [0.3, 0.4) is 0 Å². The summed E-state index contributed by atoms with van der Waals surface area (Å²) in [7, 11) is -3.91. The second kappa shape index (κ2) is 13.7. The molecule has 3 fully saturated rings. The van der Waals surface area contributed by atoms with Crippen LogP contribution in [0.25, 0.3) is 11.0 Å². The van der Waals surface area contributed by atoms with Crippen molar-refractivity contribution in [2.24, 2.45) is 5.92 Å². The summed E-state index contributed by atoms with van der Waals surface area (Å²) in [5, 5.41) is 8.59. The van der Waals surface area contributed by atoms with Gasteiger partial charge in [-0.3, -0.25) is 23.9 Å². The Bertz CT molecular complexity index is 2000. The number of nitrogens with zero attached hydrogens (tertiary/aromatic N) is 4. The van der Waals surface area contributed by atoms with Gasteiger partial charge in [-0.15, -0.1) is 0 Å². The van der Waals surface area contributed by atoms with Crippen molar-refractivity contribution in [1.29, 1.82) is 0 Å². The van der Waals surface area contributed by atoms with Crippen molar-refractivity contribution in [1.82, 2.24) is 35.4 Å². The average molecular weight is 724 g/mol. The predicted molar refractivity (Wildman–Crippen MR) is 178 cm³/mol. The molecule has 1 aromatic carbocycles. The van der Waals surface area contributed by atoms with Crippen molar-refractivity contribution in [3.63, 3.8) is 0 Å². The first-order chi connectivity index (χ1) is 24.4. The predicted octanol–water partition coefficient (Wildman–Crippen LogP) is 2.22. The highest BCUT2D eigenvalue weighted by atomic mass is 32.2. The van der Waals surface area contributed by atoms with Gasteiger partial charge < -0.3 is 24.8 Å². The number of allylic oxidation sites excluding steroid dienone is 1. The third-order valence-corrected chi connectivity index (χ3v) is 11.7. The molecule has 0 unspecified atom stereocenters. The van der Waals surface area contributed by atoms with E-state index in [0.29, 0.717) is 36.9 Å². The molecule has 2 aliphatic carbocycles. The number of halogens is 1. The summed E-state index contributed by atoms with van der Waals surface area (Å²) in [6.07, 6.45) is 8.30. The van der Waals surface area contributed by atoms with Crippen LogP contribution in [0.4, 0.5) is 4.39 Å². The van der Waals surface area contributed by atoms with Gasteiger partial charge in [-0.05, 0) is 57.6 Å². The minimum atomic E-state index is -3.91. The van der Waals surface area contributed by atoms with Gasteiger partial charge in [0.2, 0.25) is 27.7 Å². The molecule has 15 nitrogen and oxygen atoms in total. The molecule has 3 N–H and O–H groups in total. The van der Waals surface area contributed by atoms with Gasteiger partial charge in [-0.1, -0.05) is 30.2 Å². The van der Waals surface area contributed by atoms with Gasteiger partial charge in [0.05, 0.1) is 22.8 Å². The molecule has 17 heteroatoms. The number of aryl methyl sites for hydroxylation is 1. The van der Waals surface area contributed by atoms with Gasteiger partial charge in [-0.25, -0.2) is 22.8 Å². The molecule has 0 radical (unpaired) electrons. The smallest absolute Gasteiger partial charge is 0.274 e. The molecule has 1 saturated heterocycles. The third kappa shape index (κ3) is 7.29. The number of aromatic nitrogens is 3. The summed E-state index contributed by atoms with van der Waals surface area (Å²) in [4.78, 5) is 65.5. The number of benzene rings is 1. The molecular formula is C34H38FN7O8S. The van der Waals surface area contributed by atoms with Crippen LogP contribution < -0.4 is 20.1 Å². The van der Waals surface area contributed by atoms with Crippen LogP contribution in [0.1, 0.15) is 74.0 Å². The number of nitrogens with one attached hydrogen (secondary N) is 3. The first-order valence-electron chi connectivity index (χ1n) is 17.1. The van der Waals surface area contributed by atoms with Crippen molar-refractivity contribution < 1.29 is 41.2 Å². The van der Waals surface area contributed by atoms with Crippen molar-refractivity contribution in [2.45, 2.75) is 93.7 Å². The topological polar surface area (TPSA) is 203 Å². The zero-order chi connectivity index (χ0) is 35.9. The second-order valence-corrected chi connectivity index (χ2v) is 15.6. The molecule has 0 spiro atoms. The Morgan fingerprint density at radius 3 is 2.69 bits per heavy atom. The number of amides is 4. The lowest BCUT2D eigenvalue weighted by molar-refractivity contribution is -0.141. The average Bonchev–Trinajstić information content (AvgIpc) is 3.95. The summed E-state index contributed by atoms with van der Waals surface area (Å²) in [6.45, 7) is 1.58. The number of carbonyl (C=O) groups excluding carboxylic acids is 4. The summed E-state index contributed by atoms with van der Waals surface area (Å²) < 4.78 is 52.7. The molecule has 3 aromatic rings. The van der Waals surface area contributed by atoms with Crippen LogP contribution in [0, 0.1) is 18.7 Å². The highest BCUT2D eigenvalue weighted by Crippen LogP contribution is 2.46. The van der Waals surface area contributed by atoms with Gasteiger partial charge in [0.15, 0.2) is 5.69 Å². The van der Waals surface area contributed by atoms with Crippen molar-refractivity contribution in [3.8, 4) is 5.88 Å². The van der Waals surface area contributed by atoms with Gasteiger partial charge in [-0.2, -0.15) is 0 Å². The van der Waals surface area contributed by atoms with Crippen LogP contribution in [-0.2, 0) is 24.4 Å². The molecule has 5 atom stereocenters. The molecule has 2 saturated carbocycles. The van der Waals surface area contributed by atoms with E-state index in [4.69, 9.17) is 9.26 Å².